The van der Waals surface area contributed by atoms with Gasteiger partial charge in [0.1, 0.15) is 0 Å². The number of hydrogen-bond donors (Lipinski definition) is 7. The molecule has 0 atom stereocenters. The van der Waals surface area contributed by atoms with Gasteiger partial charge in [0.25, 0.3) is 0 Å². The fraction of sp³-hybridized carbons (Fsp3) is 1.00. The number of nitrogens with zero attached hydrogens (tertiary/aromatic N) is 1. The smallest absolute Gasteiger partial charge is 0.00461 e. The lowest BCUT2D eigenvalue weighted by molar-refractivity contribution is 0.403. The first-order chi connectivity index (χ1) is 9.01. The fourth-order valence-corrected chi connectivity index (χ4v) is 0.408. The monoisotopic (exact) mass is 282 g/mol. The van der Waals surface area contributed by atoms with Crippen molar-refractivity contribution in [2.75, 3.05) is 66.5 Å². The zero-order valence-electron chi connectivity index (χ0n) is 12.9. The highest BCUT2D eigenvalue weighted by Crippen LogP contribution is 1.76. The van der Waals surface area contributed by atoms with E-state index in [2.05, 4.69) is 19.0 Å². The molecule has 8 heteroatoms. The summed E-state index contributed by atoms with van der Waals surface area (Å²) in [5, 5.41) is 0. The van der Waals surface area contributed by atoms with Crippen LogP contribution < -0.4 is 40.1 Å². The summed E-state index contributed by atoms with van der Waals surface area (Å²) in [6, 6.07) is 0. The molecular weight excluding hydrogens is 244 g/mol. The average molecular weight is 282 g/mol. The van der Waals surface area contributed by atoms with Crippen LogP contribution >= 0.6 is 0 Å². The van der Waals surface area contributed by atoms with Crippen LogP contribution in [0.5, 0.6) is 0 Å². The SMILES string of the molecule is CN(C)CCCN.NCCN.NCCN.NCCN. The van der Waals surface area contributed by atoms with Crippen molar-refractivity contribution in [2.24, 2.45) is 40.1 Å². The van der Waals surface area contributed by atoms with E-state index in [1.807, 2.05) is 0 Å². The third-order valence-electron chi connectivity index (χ3n) is 1.31. The van der Waals surface area contributed by atoms with Gasteiger partial charge in [0.2, 0.25) is 0 Å². The van der Waals surface area contributed by atoms with E-state index >= 15 is 0 Å². The molecule has 19 heavy (non-hydrogen) atoms. The zero-order valence-corrected chi connectivity index (χ0v) is 12.9. The van der Waals surface area contributed by atoms with Crippen molar-refractivity contribution in [3.05, 3.63) is 0 Å². The van der Waals surface area contributed by atoms with E-state index in [0.717, 1.165) is 19.5 Å². The van der Waals surface area contributed by atoms with Crippen LogP contribution in [-0.2, 0) is 0 Å². The van der Waals surface area contributed by atoms with Crippen molar-refractivity contribution in [3.8, 4) is 0 Å². The highest BCUT2D eigenvalue weighted by atomic mass is 15.0. The number of hydrogen-bond acceptors (Lipinski definition) is 8. The molecule has 0 aliphatic carbocycles. The standard InChI is InChI=1S/C5H14N2.3C2H8N2/c1-7(2)5-3-4-6;3*3-1-2-4/h3-6H2,1-2H3;3*1-4H2. The molecule has 0 spiro atoms. The molecule has 0 bridgehead atoms. The minimum atomic E-state index is 0.597. The molecule has 0 radical (unpaired) electrons. The normalized spacial score (nSPS) is 8.53. The Morgan fingerprint density at radius 1 is 0.526 bits per heavy atom. The Balaban J connectivity index is -0.0000000825. The second-order valence-electron chi connectivity index (χ2n) is 3.68. The number of rotatable bonds is 6. The van der Waals surface area contributed by atoms with E-state index < -0.39 is 0 Å². The molecule has 122 valence electrons. The summed E-state index contributed by atoms with van der Waals surface area (Å²) in [6.07, 6.45) is 1.10. The van der Waals surface area contributed by atoms with Crippen LogP contribution in [0.3, 0.4) is 0 Å². The Morgan fingerprint density at radius 3 is 0.842 bits per heavy atom. The Bertz CT molecular complexity index is 87.2. The molecule has 0 aromatic heterocycles. The van der Waals surface area contributed by atoms with Crippen molar-refractivity contribution < 1.29 is 0 Å². The Labute approximate surface area is 119 Å². The molecule has 8 nitrogen and oxygen atoms in total. The fourth-order valence-electron chi connectivity index (χ4n) is 0.408. The van der Waals surface area contributed by atoms with Gasteiger partial charge in [-0.2, -0.15) is 0 Å². The summed E-state index contributed by atoms with van der Waals surface area (Å²) >= 11 is 0. The maximum atomic E-state index is 5.25. The van der Waals surface area contributed by atoms with Gasteiger partial charge in [0.05, 0.1) is 0 Å². The first-order valence-electron chi connectivity index (χ1n) is 6.57. The quantitative estimate of drug-likeness (QED) is 0.263. The molecule has 14 N–H and O–H groups in total. The molecule has 0 aromatic carbocycles. The Morgan fingerprint density at radius 2 is 0.789 bits per heavy atom. The van der Waals surface area contributed by atoms with E-state index in [1.165, 1.54) is 0 Å². The van der Waals surface area contributed by atoms with Gasteiger partial charge < -0.3 is 45.0 Å². The molecule has 0 aromatic rings. The third kappa shape index (κ3) is 97.4. The highest BCUT2D eigenvalue weighted by molar-refractivity contribution is 4.42. The molecule has 0 heterocycles. The van der Waals surface area contributed by atoms with Gasteiger partial charge in [-0.3, -0.25) is 0 Å². The lowest BCUT2D eigenvalue weighted by Crippen LogP contribution is -2.16. The lowest BCUT2D eigenvalue weighted by atomic mass is 10.4. The summed E-state index contributed by atoms with van der Waals surface area (Å²) in [5.41, 5.74) is 34.7. The molecule has 0 saturated heterocycles. The Kier molecular flexibility index (Phi) is 51.4. The van der Waals surface area contributed by atoms with Crippen molar-refractivity contribution in [3.63, 3.8) is 0 Å². The summed E-state index contributed by atoms with van der Waals surface area (Å²) in [7, 11) is 4.10. The van der Waals surface area contributed by atoms with E-state index in [9.17, 15) is 0 Å². The van der Waals surface area contributed by atoms with Gasteiger partial charge in [-0.25, -0.2) is 0 Å². The van der Waals surface area contributed by atoms with Crippen LogP contribution in [0.15, 0.2) is 0 Å². The molecule has 0 unspecified atom stereocenters. The minimum Gasteiger partial charge on any atom is -0.330 e. The summed E-state index contributed by atoms with van der Waals surface area (Å²) in [5.74, 6) is 0. The maximum Gasteiger partial charge on any atom is 0.00461 e. The van der Waals surface area contributed by atoms with Gasteiger partial charge in [0, 0.05) is 39.3 Å². The van der Waals surface area contributed by atoms with E-state index in [4.69, 9.17) is 40.1 Å². The van der Waals surface area contributed by atoms with E-state index in [0.29, 0.717) is 39.3 Å². The maximum absolute atomic E-state index is 5.25. The highest BCUT2D eigenvalue weighted by Gasteiger charge is 1.83. The predicted octanol–water partition coefficient (Wildman–Crippen LogP) is -3.39. The molecule has 0 aliphatic heterocycles. The largest absolute Gasteiger partial charge is 0.330 e. The molecule has 0 rings (SSSR count). The van der Waals surface area contributed by atoms with Gasteiger partial charge >= 0.3 is 0 Å². The van der Waals surface area contributed by atoms with Crippen molar-refractivity contribution in [1.29, 1.82) is 0 Å². The first kappa shape index (κ1) is 27.1. The van der Waals surface area contributed by atoms with Crippen molar-refractivity contribution in [1.82, 2.24) is 4.90 Å². The lowest BCUT2D eigenvalue weighted by Gasteiger charge is -2.05. The zero-order chi connectivity index (χ0) is 15.9. The van der Waals surface area contributed by atoms with Crippen LogP contribution in [0, 0.1) is 0 Å². The molecule has 0 saturated carbocycles. The van der Waals surface area contributed by atoms with E-state index in [1.54, 1.807) is 0 Å². The van der Waals surface area contributed by atoms with Crippen molar-refractivity contribution in [2.45, 2.75) is 6.42 Å². The summed E-state index contributed by atoms with van der Waals surface area (Å²) in [6.45, 7) is 5.49. The van der Waals surface area contributed by atoms with Crippen LogP contribution in [-0.4, -0.2) is 71.4 Å². The predicted molar refractivity (Wildman–Crippen MR) is 86.6 cm³/mol. The van der Waals surface area contributed by atoms with Crippen LogP contribution in [0.2, 0.25) is 0 Å². The average Bonchev–Trinajstić information content (AvgIpc) is 2.45. The molecule has 0 amide bonds. The van der Waals surface area contributed by atoms with Gasteiger partial charge in [-0.05, 0) is 33.6 Å². The van der Waals surface area contributed by atoms with Gasteiger partial charge in [-0.1, -0.05) is 0 Å². The third-order valence-corrected chi connectivity index (χ3v) is 1.31. The van der Waals surface area contributed by atoms with Crippen LogP contribution in [0.4, 0.5) is 0 Å². The van der Waals surface area contributed by atoms with Gasteiger partial charge in [-0.15, -0.1) is 0 Å². The topological polar surface area (TPSA) is 185 Å². The second kappa shape index (κ2) is 36.1. The second-order valence-corrected chi connectivity index (χ2v) is 3.68. The van der Waals surface area contributed by atoms with E-state index in [-0.39, 0.29) is 0 Å². The van der Waals surface area contributed by atoms with Crippen molar-refractivity contribution >= 4 is 0 Å². The van der Waals surface area contributed by atoms with Gasteiger partial charge in [0.15, 0.2) is 0 Å². The number of nitrogens with two attached hydrogens (primary N) is 7. The molecule has 0 aliphatic rings. The minimum absolute atomic E-state index is 0.597. The molecular formula is C11H38N8. The van der Waals surface area contributed by atoms with Crippen LogP contribution in [0.1, 0.15) is 6.42 Å². The molecule has 0 fully saturated rings. The van der Waals surface area contributed by atoms with Crippen LogP contribution in [0.25, 0.3) is 0 Å². The summed E-state index contributed by atoms with van der Waals surface area (Å²) < 4.78 is 0. The summed E-state index contributed by atoms with van der Waals surface area (Å²) in [4.78, 5) is 2.13. The first-order valence-corrected chi connectivity index (χ1v) is 6.57. The Hall–Kier alpha value is -0.320.